The molecule has 0 atom stereocenters. The van der Waals surface area contributed by atoms with Crippen LogP contribution in [0.4, 0.5) is 30.7 Å². The summed E-state index contributed by atoms with van der Waals surface area (Å²) in [7, 11) is -4.60. The quantitative estimate of drug-likeness (QED) is 0.254. The van der Waals surface area contributed by atoms with Crippen LogP contribution in [-0.2, 0) is 0 Å². The van der Waals surface area contributed by atoms with Gasteiger partial charge in [-0.15, -0.1) is 0 Å². The zero-order valence-electron chi connectivity index (χ0n) is 11.8. The highest BCUT2D eigenvalue weighted by Crippen LogP contribution is 2.15. The molecule has 0 fully saturated rings. The molecule has 0 bridgehead atoms. The van der Waals surface area contributed by atoms with E-state index in [1.54, 1.807) is 0 Å². The molecule has 2 rings (SSSR count). The normalized spacial score (nSPS) is 10.2. The molecule has 25 heavy (non-hydrogen) atoms. The van der Waals surface area contributed by atoms with Crippen LogP contribution in [0, 0.1) is 40.7 Å². The van der Waals surface area contributed by atoms with Gasteiger partial charge in [0.2, 0.25) is 0 Å². The van der Waals surface area contributed by atoms with E-state index in [1.807, 2.05) is 0 Å². The summed E-state index contributed by atoms with van der Waals surface area (Å²) in [6, 6.07) is 2.37. The monoisotopic (exact) mass is 370 g/mol. The molecule has 0 spiro atoms. The maximum atomic E-state index is 12.6. The Morgan fingerprint density at radius 1 is 0.520 bits per heavy atom. The van der Waals surface area contributed by atoms with Gasteiger partial charge < -0.3 is 20.1 Å². The molecule has 4 N–H and O–H groups in total. The second-order valence-corrected chi connectivity index (χ2v) is 4.43. The van der Waals surface area contributed by atoms with Gasteiger partial charge in [-0.05, 0) is 17.6 Å². The Morgan fingerprint density at radius 2 is 0.880 bits per heavy atom. The van der Waals surface area contributed by atoms with Gasteiger partial charge in [-0.1, -0.05) is 0 Å². The molecule has 0 amide bonds. The Kier molecular flexibility index (Phi) is 6.99. The Morgan fingerprint density at radius 3 is 1.20 bits per heavy atom. The largest absolute Gasteiger partial charge is 0.494 e. The van der Waals surface area contributed by atoms with Gasteiger partial charge in [0.1, 0.15) is 11.6 Å². The minimum Gasteiger partial charge on any atom is -0.423 e. The minimum atomic E-state index is -2.76. The standard InChI is InChI=1S/C6H2BF5O2.C6H5BF2O2/c8-2-1(7(13)14)3(9)5(11)6(12)4(2)10;8-5-1-4(7(10)11)2-6(9)3-5/h13-14H;1-3,10-11H. The fraction of sp³-hybridized carbons (Fsp3) is 0. The number of hydrogen-bond acceptors (Lipinski definition) is 4. The molecule has 0 saturated heterocycles. The molecular weight excluding hydrogens is 363 g/mol. The summed E-state index contributed by atoms with van der Waals surface area (Å²) in [5.41, 5.74) is -1.86. The van der Waals surface area contributed by atoms with Gasteiger partial charge in [0.15, 0.2) is 29.1 Å². The Labute approximate surface area is 136 Å². The summed E-state index contributed by atoms with van der Waals surface area (Å²) < 4.78 is 87.0. The highest BCUT2D eigenvalue weighted by atomic mass is 19.2. The molecule has 134 valence electrons. The topological polar surface area (TPSA) is 80.9 Å². The fourth-order valence-electron chi connectivity index (χ4n) is 1.57. The van der Waals surface area contributed by atoms with Crippen LogP contribution in [0.15, 0.2) is 18.2 Å². The lowest BCUT2D eigenvalue weighted by Gasteiger charge is -2.06. The third-order valence-electron chi connectivity index (χ3n) is 2.68. The Bertz CT molecular complexity index is 724. The summed E-state index contributed by atoms with van der Waals surface area (Å²) in [6.07, 6.45) is 0. The fourth-order valence-corrected chi connectivity index (χ4v) is 1.57. The summed E-state index contributed by atoms with van der Waals surface area (Å²) in [5, 5.41) is 33.7. The zero-order chi connectivity index (χ0) is 19.5. The van der Waals surface area contributed by atoms with E-state index in [0.717, 1.165) is 12.1 Å². The van der Waals surface area contributed by atoms with Crippen molar-refractivity contribution in [2.24, 2.45) is 0 Å². The van der Waals surface area contributed by atoms with E-state index in [0.29, 0.717) is 6.07 Å². The summed E-state index contributed by atoms with van der Waals surface area (Å²) in [6.45, 7) is 0. The molecule has 0 saturated carbocycles. The summed E-state index contributed by atoms with van der Waals surface area (Å²) in [4.78, 5) is 0. The van der Waals surface area contributed by atoms with E-state index in [9.17, 15) is 30.7 Å². The van der Waals surface area contributed by atoms with Gasteiger partial charge in [-0.25, -0.2) is 30.7 Å². The molecule has 2 aromatic carbocycles. The van der Waals surface area contributed by atoms with E-state index >= 15 is 0 Å². The SMILES string of the molecule is OB(O)c1c(F)c(F)c(F)c(F)c1F.OB(O)c1cc(F)cc(F)c1. The molecule has 0 aliphatic heterocycles. The first-order valence-electron chi connectivity index (χ1n) is 6.17. The molecular formula is C12H7B2F7O4. The van der Waals surface area contributed by atoms with E-state index in [-0.39, 0.29) is 5.46 Å². The third kappa shape index (κ3) is 4.95. The highest BCUT2D eigenvalue weighted by Gasteiger charge is 2.31. The highest BCUT2D eigenvalue weighted by molar-refractivity contribution is 6.59. The average Bonchev–Trinajstić information content (AvgIpc) is 2.50. The predicted molar refractivity (Wildman–Crippen MR) is 72.2 cm³/mol. The molecule has 4 nitrogen and oxygen atoms in total. The van der Waals surface area contributed by atoms with Crippen molar-refractivity contribution in [1.29, 1.82) is 0 Å². The van der Waals surface area contributed by atoms with Crippen molar-refractivity contribution in [3.8, 4) is 0 Å². The molecule has 0 radical (unpaired) electrons. The third-order valence-corrected chi connectivity index (χ3v) is 2.68. The second-order valence-electron chi connectivity index (χ2n) is 4.43. The van der Waals surface area contributed by atoms with Gasteiger partial charge in [0, 0.05) is 6.07 Å². The summed E-state index contributed by atoms with van der Waals surface area (Å²) in [5.74, 6) is -12.9. The maximum Gasteiger partial charge on any atom is 0.494 e. The Hall–Kier alpha value is -2.08. The zero-order valence-corrected chi connectivity index (χ0v) is 11.8. The van der Waals surface area contributed by atoms with Crippen molar-refractivity contribution in [2.45, 2.75) is 0 Å². The molecule has 0 aromatic heterocycles. The first-order valence-corrected chi connectivity index (χ1v) is 6.17. The number of hydrogen-bond donors (Lipinski definition) is 4. The van der Waals surface area contributed by atoms with Crippen molar-refractivity contribution >= 4 is 25.2 Å². The molecule has 0 heterocycles. The van der Waals surface area contributed by atoms with Crippen molar-refractivity contribution in [1.82, 2.24) is 0 Å². The van der Waals surface area contributed by atoms with Crippen LogP contribution in [0.2, 0.25) is 0 Å². The molecule has 0 aliphatic rings. The van der Waals surface area contributed by atoms with Gasteiger partial charge in [-0.2, -0.15) is 0 Å². The van der Waals surface area contributed by atoms with Crippen molar-refractivity contribution < 1.29 is 50.8 Å². The average molecular weight is 370 g/mol. The van der Waals surface area contributed by atoms with Gasteiger partial charge >= 0.3 is 14.2 Å². The van der Waals surface area contributed by atoms with Crippen LogP contribution in [0.1, 0.15) is 0 Å². The number of halogens is 7. The van der Waals surface area contributed by atoms with Crippen molar-refractivity contribution in [3.63, 3.8) is 0 Å². The lowest BCUT2D eigenvalue weighted by molar-refractivity contribution is 0.373. The van der Waals surface area contributed by atoms with Crippen LogP contribution < -0.4 is 10.9 Å². The maximum absolute atomic E-state index is 12.6. The van der Waals surface area contributed by atoms with Crippen molar-refractivity contribution in [3.05, 3.63) is 58.9 Å². The second kappa shape index (κ2) is 8.34. The molecule has 0 aliphatic carbocycles. The minimum absolute atomic E-state index is 0.192. The van der Waals surface area contributed by atoms with E-state index in [4.69, 9.17) is 20.1 Å². The van der Waals surface area contributed by atoms with E-state index in [1.165, 1.54) is 0 Å². The number of rotatable bonds is 2. The lowest BCUT2D eigenvalue weighted by Crippen LogP contribution is -2.38. The Balaban J connectivity index is 0.000000257. The van der Waals surface area contributed by atoms with Crippen LogP contribution in [0.25, 0.3) is 0 Å². The smallest absolute Gasteiger partial charge is 0.423 e. The molecule has 13 heteroatoms. The van der Waals surface area contributed by atoms with Gasteiger partial charge in [0.05, 0.1) is 5.46 Å². The number of benzene rings is 2. The van der Waals surface area contributed by atoms with Crippen LogP contribution in [-0.4, -0.2) is 34.3 Å². The van der Waals surface area contributed by atoms with Gasteiger partial charge in [-0.3, -0.25) is 0 Å². The lowest BCUT2D eigenvalue weighted by atomic mass is 9.79. The first kappa shape index (κ1) is 21.0. The van der Waals surface area contributed by atoms with Crippen molar-refractivity contribution in [2.75, 3.05) is 0 Å². The molecule has 2 aromatic rings. The first-order chi connectivity index (χ1) is 11.5. The van der Waals surface area contributed by atoms with Crippen LogP contribution >= 0.6 is 0 Å². The van der Waals surface area contributed by atoms with Gasteiger partial charge in [0.25, 0.3) is 0 Å². The van der Waals surface area contributed by atoms with Crippen LogP contribution in [0.3, 0.4) is 0 Å². The van der Waals surface area contributed by atoms with Crippen LogP contribution in [0.5, 0.6) is 0 Å². The summed E-state index contributed by atoms with van der Waals surface area (Å²) >= 11 is 0. The predicted octanol–water partition coefficient (Wildman–Crippen LogP) is -0.293. The van der Waals surface area contributed by atoms with E-state index < -0.39 is 60.4 Å². The molecule has 0 unspecified atom stereocenters. The van der Waals surface area contributed by atoms with E-state index in [2.05, 4.69) is 0 Å².